The Morgan fingerprint density at radius 2 is 2.25 bits per heavy atom. The molecule has 1 amide bonds. The third-order valence-electron chi connectivity index (χ3n) is 1.77. The van der Waals surface area contributed by atoms with E-state index >= 15 is 0 Å². The summed E-state index contributed by atoms with van der Waals surface area (Å²) >= 11 is 5.51. The van der Waals surface area contributed by atoms with Crippen molar-refractivity contribution in [2.24, 2.45) is 0 Å². The summed E-state index contributed by atoms with van der Waals surface area (Å²) in [4.78, 5) is 11.0. The minimum absolute atomic E-state index is 0.245. The normalized spacial score (nSPS) is 18.1. The third kappa shape index (κ3) is 4.57. The van der Waals surface area contributed by atoms with Gasteiger partial charge in [-0.2, -0.15) is 0 Å². The van der Waals surface area contributed by atoms with E-state index in [1.807, 2.05) is 6.92 Å². The second-order valence-corrected chi connectivity index (χ2v) is 3.84. The molecule has 0 rings (SSSR count). The van der Waals surface area contributed by atoms with E-state index < -0.39 is 11.0 Å². The van der Waals surface area contributed by atoms with Crippen LogP contribution in [-0.4, -0.2) is 28.5 Å². The van der Waals surface area contributed by atoms with Gasteiger partial charge in [0.1, 0.15) is 5.38 Å². The molecule has 0 aromatic carbocycles. The van der Waals surface area contributed by atoms with Crippen molar-refractivity contribution in [3.63, 3.8) is 0 Å². The van der Waals surface area contributed by atoms with Crippen molar-refractivity contribution in [2.75, 3.05) is 6.54 Å². The number of rotatable bonds is 4. The minimum atomic E-state index is -0.832. The largest absolute Gasteiger partial charge is 0.388 e. The molecule has 0 spiro atoms. The SMILES string of the molecule is CCC(C)(O)CNC(=O)C(C)Cl. The summed E-state index contributed by atoms with van der Waals surface area (Å²) < 4.78 is 0. The van der Waals surface area contributed by atoms with Gasteiger partial charge in [0.2, 0.25) is 5.91 Å². The van der Waals surface area contributed by atoms with E-state index in [1.165, 1.54) is 0 Å². The predicted octanol–water partition coefficient (Wildman–Crippen LogP) is 0.891. The summed E-state index contributed by atoms with van der Waals surface area (Å²) in [6.45, 7) is 5.37. The van der Waals surface area contributed by atoms with Crippen LogP contribution in [0.15, 0.2) is 0 Å². The molecule has 0 saturated heterocycles. The van der Waals surface area contributed by atoms with Crippen LogP contribution in [0.2, 0.25) is 0 Å². The number of hydrogen-bond donors (Lipinski definition) is 2. The van der Waals surface area contributed by atoms with Crippen LogP contribution in [0.3, 0.4) is 0 Å². The highest BCUT2D eigenvalue weighted by Crippen LogP contribution is 2.06. The van der Waals surface area contributed by atoms with E-state index in [1.54, 1.807) is 13.8 Å². The molecule has 0 saturated carbocycles. The van der Waals surface area contributed by atoms with Gasteiger partial charge in [-0.3, -0.25) is 4.79 Å². The smallest absolute Gasteiger partial charge is 0.237 e. The van der Waals surface area contributed by atoms with Crippen molar-refractivity contribution in [3.05, 3.63) is 0 Å². The fraction of sp³-hybridized carbons (Fsp3) is 0.875. The molecule has 4 heteroatoms. The lowest BCUT2D eigenvalue weighted by atomic mass is 10.0. The van der Waals surface area contributed by atoms with E-state index in [4.69, 9.17) is 11.6 Å². The highest BCUT2D eigenvalue weighted by molar-refractivity contribution is 6.30. The first-order valence-electron chi connectivity index (χ1n) is 4.03. The van der Waals surface area contributed by atoms with Crippen LogP contribution in [0, 0.1) is 0 Å². The van der Waals surface area contributed by atoms with Gasteiger partial charge in [-0.15, -0.1) is 11.6 Å². The van der Waals surface area contributed by atoms with Gasteiger partial charge < -0.3 is 10.4 Å². The van der Waals surface area contributed by atoms with Crippen LogP contribution in [0.25, 0.3) is 0 Å². The molecule has 3 nitrogen and oxygen atoms in total. The van der Waals surface area contributed by atoms with Crippen molar-refractivity contribution in [3.8, 4) is 0 Å². The maximum atomic E-state index is 11.0. The summed E-state index contributed by atoms with van der Waals surface area (Å²) in [6.07, 6.45) is 0.601. The molecule has 2 unspecified atom stereocenters. The van der Waals surface area contributed by atoms with Crippen molar-refractivity contribution in [1.82, 2.24) is 5.32 Å². The van der Waals surface area contributed by atoms with Gasteiger partial charge >= 0.3 is 0 Å². The number of alkyl halides is 1. The highest BCUT2D eigenvalue weighted by Gasteiger charge is 2.19. The average molecular weight is 194 g/mol. The van der Waals surface area contributed by atoms with Crippen molar-refractivity contribution in [2.45, 2.75) is 38.2 Å². The van der Waals surface area contributed by atoms with Gasteiger partial charge in [-0.05, 0) is 20.3 Å². The maximum absolute atomic E-state index is 11.0. The minimum Gasteiger partial charge on any atom is -0.388 e. The van der Waals surface area contributed by atoms with Gasteiger partial charge in [0, 0.05) is 6.54 Å². The van der Waals surface area contributed by atoms with E-state index in [-0.39, 0.29) is 12.5 Å². The Labute approximate surface area is 78.1 Å². The van der Waals surface area contributed by atoms with E-state index in [0.29, 0.717) is 6.42 Å². The number of carbonyl (C=O) groups is 1. The highest BCUT2D eigenvalue weighted by atomic mass is 35.5. The summed E-state index contributed by atoms with van der Waals surface area (Å²) in [7, 11) is 0. The molecule has 0 bridgehead atoms. The lowest BCUT2D eigenvalue weighted by Gasteiger charge is -2.21. The quantitative estimate of drug-likeness (QED) is 0.652. The topological polar surface area (TPSA) is 49.3 Å². The number of aliphatic hydroxyl groups is 1. The molecule has 12 heavy (non-hydrogen) atoms. The lowest BCUT2D eigenvalue weighted by Crippen LogP contribution is -2.42. The number of amides is 1. The Morgan fingerprint density at radius 1 is 1.75 bits per heavy atom. The third-order valence-corrected chi connectivity index (χ3v) is 1.96. The summed E-state index contributed by atoms with van der Waals surface area (Å²) in [6, 6.07) is 0. The Balaban J connectivity index is 3.76. The molecular weight excluding hydrogens is 178 g/mol. The molecule has 2 atom stereocenters. The number of hydrogen-bond acceptors (Lipinski definition) is 2. The predicted molar refractivity (Wildman–Crippen MR) is 49.2 cm³/mol. The summed E-state index contributed by atoms with van der Waals surface area (Å²) in [5, 5.41) is 11.5. The van der Waals surface area contributed by atoms with Crippen LogP contribution < -0.4 is 5.32 Å². The summed E-state index contributed by atoms with van der Waals surface area (Å²) in [5.41, 5.74) is -0.832. The zero-order chi connectivity index (χ0) is 9.78. The van der Waals surface area contributed by atoms with Crippen LogP contribution in [0.5, 0.6) is 0 Å². The van der Waals surface area contributed by atoms with Gasteiger partial charge in [0.05, 0.1) is 5.60 Å². The molecule has 0 radical (unpaired) electrons. The maximum Gasteiger partial charge on any atom is 0.237 e. The van der Waals surface area contributed by atoms with Gasteiger partial charge in [0.25, 0.3) is 0 Å². The molecule has 72 valence electrons. The second-order valence-electron chi connectivity index (χ2n) is 3.18. The molecule has 2 N–H and O–H groups in total. The fourth-order valence-electron chi connectivity index (χ4n) is 0.543. The Morgan fingerprint density at radius 3 is 2.58 bits per heavy atom. The lowest BCUT2D eigenvalue weighted by molar-refractivity contribution is -0.121. The van der Waals surface area contributed by atoms with Crippen LogP contribution in [0.4, 0.5) is 0 Å². The first-order chi connectivity index (χ1) is 5.39. The fourth-order valence-corrected chi connectivity index (χ4v) is 0.620. The zero-order valence-corrected chi connectivity index (χ0v) is 8.48. The standard InChI is InChI=1S/C8H16ClNO2/c1-4-8(3,12)5-10-7(11)6(2)9/h6,12H,4-5H2,1-3H3,(H,10,11). The Hall–Kier alpha value is -0.280. The molecule has 0 heterocycles. The Kier molecular flexibility index (Phi) is 4.57. The molecule has 0 fully saturated rings. The number of nitrogens with one attached hydrogen (secondary N) is 1. The summed E-state index contributed by atoms with van der Waals surface area (Å²) in [5.74, 6) is -0.245. The second kappa shape index (κ2) is 4.67. The molecule has 0 aliphatic carbocycles. The molecule has 0 aromatic rings. The van der Waals surface area contributed by atoms with Crippen molar-refractivity contribution >= 4 is 17.5 Å². The molecule has 0 aromatic heterocycles. The van der Waals surface area contributed by atoms with Crippen molar-refractivity contribution < 1.29 is 9.90 Å². The first kappa shape index (κ1) is 11.7. The van der Waals surface area contributed by atoms with Gasteiger partial charge in [-0.1, -0.05) is 6.92 Å². The number of halogens is 1. The van der Waals surface area contributed by atoms with Gasteiger partial charge in [-0.25, -0.2) is 0 Å². The average Bonchev–Trinajstić information content (AvgIpc) is 2.00. The monoisotopic (exact) mass is 193 g/mol. The molecular formula is C8H16ClNO2. The van der Waals surface area contributed by atoms with E-state index in [0.717, 1.165) is 0 Å². The van der Waals surface area contributed by atoms with Gasteiger partial charge in [0.15, 0.2) is 0 Å². The van der Waals surface area contributed by atoms with Crippen LogP contribution >= 0.6 is 11.6 Å². The van der Waals surface area contributed by atoms with E-state index in [2.05, 4.69) is 5.32 Å². The van der Waals surface area contributed by atoms with Crippen LogP contribution in [-0.2, 0) is 4.79 Å². The first-order valence-corrected chi connectivity index (χ1v) is 4.47. The molecule has 0 aliphatic rings. The number of carbonyl (C=O) groups excluding carboxylic acids is 1. The van der Waals surface area contributed by atoms with Crippen molar-refractivity contribution in [1.29, 1.82) is 0 Å². The zero-order valence-electron chi connectivity index (χ0n) is 7.72. The Bertz CT molecular complexity index is 157. The molecule has 0 aliphatic heterocycles. The van der Waals surface area contributed by atoms with E-state index in [9.17, 15) is 9.90 Å². The van der Waals surface area contributed by atoms with Crippen LogP contribution in [0.1, 0.15) is 27.2 Å².